The van der Waals surface area contributed by atoms with E-state index in [0.29, 0.717) is 0 Å². The molecule has 0 radical (unpaired) electrons. The molecule has 0 saturated carbocycles. The van der Waals surface area contributed by atoms with E-state index in [9.17, 15) is 30.3 Å². The summed E-state index contributed by atoms with van der Waals surface area (Å²) in [6, 6.07) is -0.813. The second-order valence-corrected chi connectivity index (χ2v) is 11.6. The fraction of sp³-hybridized carbons (Fsp3) is 0.848. The number of carbonyl (C=O) groups is 1. The molecule has 1 rings (SSSR count). The molecule has 1 aliphatic rings. The zero-order valence-electron chi connectivity index (χ0n) is 26.2. The lowest BCUT2D eigenvalue weighted by atomic mass is 9.99. The molecule has 1 saturated heterocycles. The fourth-order valence-electron chi connectivity index (χ4n) is 5.02. The van der Waals surface area contributed by atoms with E-state index in [1.54, 1.807) is 13.0 Å². The maximum atomic E-state index is 12.0. The summed E-state index contributed by atoms with van der Waals surface area (Å²) in [6.07, 6.45) is 20.3. The Morgan fingerprint density at radius 2 is 1.33 bits per heavy atom. The number of allylic oxidation sites excluding steroid dienone is 3. The number of amides is 1. The standard InChI is InChI=1S/C33H61NO8/c1-3-5-6-7-8-9-10-11-12-13-14-15-16-17-18-19-20-21-22-23-27(36)26(34-29(37)4-2)25-41-33-32(40)31(39)30(38)28(24-35)42-33/h18-19,22-23,26-28,30-33,35-36,38-40H,3-17,20-21,24-25H2,1-2H3,(H,34,37)/b19-18+,23-22+. The third kappa shape index (κ3) is 17.1. The lowest BCUT2D eigenvalue weighted by Crippen LogP contribution is -2.60. The first kappa shape index (κ1) is 38.7. The summed E-state index contributed by atoms with van der Waals surface area (Å²) < 4.78 is 10.9. The Balaban J connectivity index is 2.22. The van der Waals surface area contributed by atoms with Gasteiger partial charge in [-0.1, -0.05) is 115 Å². The first-order valence-corrected chi connectivity index (χ1v) is 16.6. The van der Waals surface area contributed by atoms with Crippen LogP contribution in [0.1, 0.15) is 123 Å². The van der Waals surface area contributed by atoms with Gasteiger partial charge in [0.2, 0.25) is 5.91 Å². The number of unbranched alkanes of at least 4 members (excludes halogenated alkanes) is 14. The Kier molecular flexibility index (Phi) is 23.1. The number of aliphatic hydroxyl groups is 5. The first-order valence-electron chi connectivity index (χ1n) is 16.6. The quantitative estimate of drug-likeness (QED) is 0.0667. The van der Waals surface area contributed by atoms with Crippen LogP contribution >= 0.6 is 0 Å². The minimum atomic E-state index is -1.56. The van der Waals surface area contributed by atoms with E-state index in [1.807, 2.05) is 6.08 Å². The van der Waals surface area contributed by atoms with Gasteiger partial charge in [-0.15, -0.1) is 0 Å². The summed E-state index contributed by atoms with van der Waals surface area (Å²) in [4.78, 5) is 12.0. The molecule has 0 aromatic heterocycles. The molecule has 42 heavy (non-hydrogen) atoms. The molecule has 0 aliphatic carbocycles. The zero-order valence-corrected chi connectivity index (χ0v) is 26.2. The number of ether oxygens (including phenoxy) is 2. The van der Waals surface area contributed by atoms with Gasteiger partial charge in [0.05, 0.1) is 25.4 Å². The van der Waals surface area contributed by atoms with Gasteiger partial charge in [-0.05, 0) is 25.7 Å². The number of carbonyl (C=O) groups excluding carboxylic acids is 1. The maximum absolute atomic E-state index is 12.0. The minimum Gasteiger partial charge on any atom is -0.394 e. The van der Waals surface area contributed by atoms with Gasteiger partial charge in [-0.25, -0.2) is 0 Å². The second kappa shape index (κ2) is 25.0. The van der Waals surface area contributed by atoms with Crippen LogP contribution in [0.25, 0.3) is 0 Å². The highest BCUT2D eigenvalue weighted by Gasteiger charge is 2.44. The van der Waals surface area contributed by atoms with Crippen LogP contribution in [0.5, 0.6) is 0 Å². The Labute approximate surface area is 254 Å². The predicted octanol–water partition coefficient (Wildman–Crippen LogP) is 4.43. The molecule has 9 nitrogen and oxygen atoms in total. The second-order valence-electron chi connectivity index (χ2n) is 11.6. The van der Waals surface area contributed by atoms with Gasteiger partial charge in [0.1, 0.15) is 24.4 Å². The molecule has 7 atom stereocenters. The summed E-state index contributed by atoms with van der Waals surface area (Å²) in [5.41, 5.74) is 0. The van der Waals surface area contributed by atoms with Crippen LogP contribution in [-0.4, -0.2) is 87.5 Å². The molecule has 0 aromatic carbocycles. The summed E-state index contributed by atoms with van der Waals surface area (Å²) in [6.45, 7) is 3.18. The van der Waals surface area contributed by atoms with Crippen molar-refractivity contribution in [1.82, 2.24) is 5.32 Å². The molecule has 1 fully saturated rings. The average molecular weight is 600 g/mol. The van der Waals surface area contributed by atoms with Crippen LogP contribution in [0.4, 0.5) is 0 Å². The first-order chi connectivity index (χ1) is 20.3. The number of rotatable bonds is 25. The lowest BCUT2D eigenvalue weighted by Gasteiger charge is -2.40. The zero-order chi connectivity index (χ0) is 31.0. The van der Waals surface area contributed by atoms with Gasteiger partial charge in [-0.2, -0.15) is 0 Å². The van der Waals surface area contributed by atoms with E-state index < -0.39 is 49.5 Å². The summed E-state index contributed by atoms with van der Waals surface area (Å²) >= 11 is 0. The van der Waals surface area contributed by atoms with E-state index in [4.69, 9.17) is 9.47 Å². The van der Waals surface area contributed by atoms with Crippen LogP contribution in [0.2, 0.25) is 0 Å². The van der Waals surface area contributed by atoms with Crippen LogP contribution in [0.3, 0.4) is 0 Å². The van der Waals surface area contributed by atoms with Crippen molar-refractivity contribution >= 4 is 5.91 Å². The van der Waals surface area contributed by atoms with Crippen molar-refractivity contribution < 1.29 is 39.8 Å². The van der Waals surface area contributed by atoms with Crippen molar-refractivity contribution in [2.45, 2.75) is 166 Å². The highest BCUT2D eigenvalue weighted by atomic mass is 16.7. The molecule has 0 spiro atoms. The molecule has 0 bridgehead atoms. The van der Waals surface area contributed by atoms with Gasteiger partial charge in [0, 0.05) is 6.42 Å². The topological polar surface area (TPSA) is 149 Å². The monoisotopic (exact) mass is 599 g/mol. The Hall–Kier alpha value is -1.33. The number of nitrogens with one attached hydrogen (secondary N) is 1. The Bertz CT molecular complexity index is 716. The van der Waals surface area contributed by atoms with Gasteiger partial charge >= 0.3 is 0 Å². The van der Waals surface area contributed by atoms with Crippen LogP contribution in [0.15, 0.2) is 24.3 Å². The van der Waals surface area contributed by atoms with Crippen molar-refractivity contribution in [2.24, 2.45) is 0 Å². The van der Waals surface area contributed by atoms with Crippen molar-refractivity contribution in [1.29, 1.82) is 0 Å². The van der Waals surface area contributed by atoms with Crippen LogP contribution < -0.4 is 5.32 Å². The van der Waals surface area contributed by atoms with E-state index >= 15 is 0 Å². The molecule has 9 heteroatoms. The van der Waals surface area contributed by atoms with E-state index in [1.165, 1.54) is 83.5 Å². The molecule has 1 heterocycles. The van der Waals surface area contributed by atoms with Crippen molar-refractivity contribution in [3.05, 3.63) is 24.3 Å². The highest BCUT2D eigenvalue weighted by Crippen LogP contribution is 2.22. The van der Waals surface area contributed by atoms with Gasteiger partial charge < -0.3 is 40.3 Å². The molecule has 0 aromatic rings. The maximum Gasteiger partial charge on any atom is 0.220 e. The van der Waals surface area contributed by atoms with Crippen molar-refractivity contribution in [3.8, 4) is 0 Å². The van der Waals surface area contributed by atoms with E-state index in [-0.39, 0.29) is 18.9 Å². The number of hydrogen-bond acceptors (Lipinski definition) is 8. The van der Waals surface area contributed by atoms with Gasteiger partial charge in [0.15, 0.2) is 6.29 Å². The Morgan fingerprint density at radius 1 is 0.786 bits per heavy atom. The SMILES string of the molecule is CCCCCCCCCCCCCCC/C=C/CC/C=C/C(O)C(COC1OC(CO)C(O)C(O)C1O)NC(=O)CC. The summed E-state index contributed by atoms with van der Waals surface area (Å²) in [7, 11) is 0. The smallest absolute Gasteiger partial charge is 0.220 e. The lowest BCUT2D eigenvalue weighted by molar-refractivity contribution is -0.302. The minimum absolute atomic E-state index is 0.209. The molecular formula is C33H61NO8. The van der Waals surface area contributed by atoms with Crippen molar-refractivity contribution in [2.75, 3.05) is 13.2 Å². The fourth-order valence-corrected chi connectivity index (χ4v) is 5.02. The van der Waals surface area contributed by atoms with E-state index in [0.717, 1.165) is 19.3 Å². The van der Waals surface area contributed by atoms with E-state index in [2.05, 4.69) is 24.4 Å². The molecule has 7 unspecified atom stereocenters. The molecular weight excluding hydrogens is 538 g/mol. The Morgan fingerprint density at radius 3 is 1.90 bits per heavy atom. The largest absolute Gasteiger partial charge is 0.394 e. The number of aliphatic hydroxyl groups excluding tert-OH is 5. The van der Waals surface area contributed by atoms with Crippen LogP contribution in [0, 0.1) is 0 Å². The number of hydrogen-bond donors (Lipinski definition) is 6. The predicted molar refractivity (Wildman–Crippen MR) is 166 cm³/mol. The summed E-state index contributed by atoms with van der Waals surface area (Å²) in [5, 5.41) is 52.7. The van der Waals surface area contributed by atoms with Crippen molar-refractivity contribution in [3.63, 3.8) is 0 Å². The van der Waals surface area contributed by atoms with Crippen LogP contribution in [-0.2, 0) is 14.3 Å². The molecule has 6 N–H and O–H groups in total. The molecule has 246 valence electrons. The summed E-state index contributed by atoms with van der Waals surface area (Å²) in [5.74, 6) is -0.277. The average Bonchev–Trinajstić information content (AvgIpc) is 2.99. The highest BCUT2D eigenvalue weighted by molar-refractivity contribution is 5.75. The third-order valence-electron chi connectivity index (χ3n) is 7.84. The normalized spacial score (nSPS) is 24.4. The third-order valence-corrected chi connectivity index (χ3v) is 7.84. The van der Waals surface area contributed by atoms with Gasteiger partial charge in [-0.3, -0.25) is 4.79 Å². The molecule has 1 amide bonds. The molecule has 1 aliphatic heterocycles. The van der Waals surface area contributed by atoms with Gasteiger partial charge in [0.25, 0.3) is 0 Å².